The molecule has 2 N–H and O–H groups in total. The number of hydrogen-bond acceptors (Lipinski definition) is 6. The number of esters is 1. The van der Waals surface area contributed by atoms with Crippen molar-refractivity contribution in [2.45, 2.75) is 96.7 Å². The van der Waals surface area contributed by atoms with Crippen LogP contribution in [0.25, 0.3) is 0 Å². The van der Waals surface area contributed by atoms with E-state index in [-0.39, 0.29) is 47.9 Å². The summed E-state index contributed by atoms with van der Waals surface area (Å²) in [5, 5.41) is 0. The minimum Gasteiger partial charge on any atom is -0.469 e. The molecule has 2 saturated heterocycles. The zero-order valence-electron chi connectivity index (χ0n) is 28.9. The number of nitrogen functional groups attached to an aromatic ring is 1. The maximum Gasteiger partial charge on any atom is 0.306 e. The Balaban J connectivity index is 1.33. The number of hydrogen-bond donors (Lipinski definition) is 1. The van der Waals surface area contributed by atoms with Crippen LogP contribution < -0.4 is 10.6 Å². The van der Waals surface area contributed by atoms with E-state index in [1.165, 1.54) is 29.5 Å². The summed E-state index contributed by atoms with van der Waals surface area (Å²) < 4.78 is 4.84. The second-order valence-corrected chi connectivity index (χ2v) is 14.7. The molecule has 2 fully saturated rings. The summed E-state index contributed by atoms with van der Waals surface area (Å²) in [5.41, 5.74) is 12.8. The largest absolute Gasteiger partial charge is 0.469 e. The molecule has 0 aliphatic carbocycles. The standard InChI is InChI=1S/C40H51N3O4/c1-26(2)33(25-38(45)47-6)39(46)42-23-7-8-36(42)37(44)24-27-9-11-28(12-10-27)34-21-22-35(29-13-17-31(41)18-14-29)43(34)32-19-15-30(16-20-32)40(3,4)5/h9-20,26,33-36H,7-8,21-25,41H2,1-6H3/t33-,34-,35-,36-/m0/s1. The first-order chi connectivity index (χ1) is 22.4. The van der Waals surface area contributed by atoms with E-state index in [1.807, 2.05) is 26.0 Å². The Morgan fingerprint density at radius 2 is 1.43 bits per heavy atom. The second-order valence-electron chi connectivity index (χ2n) is 14.7. The molecule has 250 valence electrons. The van der Waals surface area contributed by atoms with Crippen molar-refractivity contribution in [3.05, 3.63) is 95.1 Å². The minimum absolute atomic E-state index is 0.0308. The molecule has 0 aromatic heterocycles. The SMILES string of the molecule is COC(=O)C[C@H](C(=O)N1CCC[C@H]1C(=O)Cc1ccc([C@@H]2CC[C@@H](c3ccc(N)cc3)N2c2ccc(C(C)(C)C)cc2)cc1)C(C)C. The highest BCUT2D eigenvalue weighted by Crippen LogP contribution is 2.47. The van der Waals surface area contributed by atoms with Gasteiger partial charge in [-0.1, -0.05) is 83.1 Å². The molecule has 0 unspecified atom stereocenters. The first-order valence-electron chi connectivity index (χ1n) is 17.1. The smallest absolute Gasteiger partial charge is 0.306 e. The van der Waals surface area contributed by atoms with E-state index >= 15 is 0 Å². The fourth-order valence-electron chi connectivity index (χ4n) is 7.30. The summed E-state index contributed by atoms with van der Waals surface area (Å²) in [6, 6.07) is 25.7. The van der Waals surface area contributed by atoms with Gasteiger partial charge in [-0.2, -0.15) is 0 Å². The van der Waals surface area contributed by atoms with Crippen LogP contribution in [-0.2, 0) is 31.0 Å². The lowest BCUT2D eigenvalue weighted by atomic mass is 9.87. The van der Waals surface area contributed by atoms with Crippen molar-refractivity contribution < 1.29 is 19.1 Å². The van der Waals surface area contributed by atoms with Crippen LogP contribution in [0, 0.1) is 11.8 Å². The number of ketones is 1. The molecule has 0 saturated carbocycles. The molecule has 0 radical (unpaired) electrons. The molecule has 0 bridgehead atoms. The molecule has 7 heteroatoms. The van der Waals surface area contributed by atoms with Gasteiger partial charge in [0.05, 0.1) is 37.6 Å². The Kier molecular flexibility index (Phi) is 10.4. The van der Waals surface area contributed by atoms with Crippen molar-refractivity contribution in [2.24, 2.45) is 11.8 Å². The molecule has 4 atom stereocenters. The van der Waals surface area contributed by atoms with Crippen LogP contribution in [0.15, 0.2) is 72.8 Å². The number of anilines is 2. The Labute approximate surface area is 280 Å². The molecule has 47 heavy (non-hydrogen) atoms. The average Bonchev–Trinajstić information content (AvgIpc) is 3.72. The predicted octanol–water partition coefficient (Wildman–Crippen LogP) is 7.59. The number of benzene rings is 3. The summed E-state index contributed by atoms with van der Waals surface area (Å²) in [5.74, 6) is -0.997. The predicted molar refractivity (Wildman–Crippen MR) is 188 cm³/mol. The molecule has 2 aliphatic heterocycles. The van der Waals surface area contributed by atoms with E-state index in [2.05, 4.69) is 86.3 Å². The van der Waals surface area contributed by atoms with Crippen LogP contribution in [0.3, 0.4) is 0 Å². The van der Waals surface area contributed by atoms with Crippen LogP contribution in [0.1, 0.15) is 101 Å². The number of ether oxygens (including phenoxy) is 1. The van der Waals surface area contributed by atoms with Crippen molar-refractivity contribution in [2.75, 3.05) is 24.3 Å². The van der Waals surface area contributed by atoms with Gasteiger partial charge in [0, 0.05) is 24.3 Å². The van der Waals surface area contributed by atoms with Gasteiger partial charge in [0.25, 0.3) is 0 Å². The van der Waals surface area contributed by atoms with E-state index in [4.69, 9.17) is 10.5 Å². The zero-order valence-corrected chi connectivity index (χ0v) is 28.9. The van der Waals surface area contributed by atoms with Crippen molar-refractivity contribution in [3.8, 4) is 0 Å². The van der Waals surface area contributed by atoms with Gasteiger partial charge in [-0.25, -0.2) is 0 Å². The van der Waals surface area contributed by atoms with Crippen LogP contribution in [0.4, 0.5) is 11.4 Å². The first-order valence-corrected chi connectivity index (χ1v) is 17.1. The highest BCUT2D eigenvalue weighted by Gasteiger charge is 2.39. The van der Waals surface area contributed by atoms with Gasteiger partial charge in [-0.15, -0.1) is 0 Å². The van der Waals surface area contributed by atoms with E-state index in [1.54, 1.807) is 4.90 Å². The highest BCUT2D eigenvalue weighted by molar-refractivity contribution is 5.92. The summed E-state index contributed by atoms with van der Waals surface area (Å²) in [4.78, 5) is 43.4. The number of Topliss-reactive ketones (excluding diaryl/α,β-unsaturated/α-hetero) is 1. The molecule has 7 nitrogen and oxygen atoms in total. The molecule has 0 spiro atoms. The van der Waals surface area contributed by atoms with E-state index in [9.17, 15) is 14.4 Å². The Morgan fingerprint density at radius 3 is 1.96 bits per heavy atom. The quantitative estimate of drug-likeness (QED) is 0.182. The number of carbonyl (C=O) groups is 3. The number of rotatable bonds is 10. The average molecular weight is 638 g/mol. The van der Waals surface area contributed by atoms with Gasteiger partial charge in [0.1, 0.15) is 0 Å². The summed E-state index contributed by atoms with van der Waals surface area (Å²) in [7, 11) is 1.34. The van der Waals surface area contributed by atoms with Crippen molar-refractivity contribution in [1.82, 2.24) is 4.90 Å². The van der Waals surface area contributed by atoms with Gasteiger partial charge < -0.3 is 20.3 Å². The summed E-state index contributed by atoms with van der Waals surface area (Å²) in [6.45, 7) is 11.1. The number of methoxy groups -OCH3 is 1. The Bertz CT molecular complexity index is 1540. The summed E-state index contributed by atoms with van der Waals surface area (Å²) >= 11 is 0. The number of likely N-dealkylation sites (tertiary alicyclic amines) is 1. The molecular formula is C40H51N3O4. The lowest BCUT2D eigenvalue weighted by Crippen LogP contribution is -2.45. The van der Waals surface area contributed by atoms with Crippen molar-refractivity contribution in [3.63, 3.8) is 0 Å². The normalized spacial score (nSPS) is 20.4. The first kappa shape index (κ1) is 34.2. The van der Waals surface area contributed by atoms with Crippen molar-refractivity contribution in [1.29, 1.82) is 0 Å². The van der Waals surface area contributed by atoms with E-state index in [0.717, 1.165) is 30.5 Å². The van der Waals surface area contributed by atoms with Gasteiger partial charge in [-0.3, -0.25) is 14.4 Å². The Morgan fingerprint density at radius 1 is 0.851 bits per heavy atom. The van der Waals surface area contributed by atoms with E-state index in [0.29, 0.717) is 13.0 Å². The molecule has 1 amide bonds. The zero-order chi connectivity index (χ0) is 33.9. The molecule has 3 aromatic rings. The van der Waals surface area contributed by atoms with Gasteiger partial charge in [0.15, 0.2) is 5.78 Å². The van der Waals surface area contributed by atoms with Crippen LogP contribution >= 0.6 is 0 Å². The number of carbonyl (C=O) groups excluding carboxylic acids is 3. The third-order valence-corrected chi connectivity index (χ3v) is 10.1. The molecule has 5 rings (SSSR count). The molecule has 3 aromatic carbocycles. The maximum atomic E-state index is 13.6. The van der Waals surface area contributed by atoms with Crippen LogP contribution in [0.5, 0.6) is 0 Å². The van der Waals surface area contributed by atoms with Crippen LogP contribution in [0.2, 0.25) is 0 Å². The number of amides is 1. The van der Waals surface area contributed by atoms with Crippen molar-refractivity contribution >= 4 is 29.0 Å². The molecule has 2 aliphatic rings. The topological polar surface area (TPSA) is 92.9 Å². The highest BCUT2D eigenvalue weighted by atomic mass is 16.5. The lowest BCUT2D eigenvalue weighted by Gasteiger charge is -2.34. The molecular weight excluding hydrogens is 586 g/mol. The molecule has 2 heterocycles. The third kappa shape index (κ3) is 7.72. The second kappa shape index (κ2) is 14.3. The van der Waals surface area contributed by atoms with Gasteiger partial charge >= 0.3 is 5.97 Å². The third-order valence-electron chi connectivity index (χ3n) is 10.1. The maximum absolute atomic E-state index is 13.6. The fraction of sp³-hybridized carbons (Fsp3) is 0.475. The number of nitrogens with zero attached hydrogens (tertiary/aromatic N) is 2. The van der Waals surface area contributed by atoms with Gasteiger partial charge in [0.2, 0.25) is 5.91 Å². The van der Waals surface area contributed by atoms with Crippen LogP contribution in [-0.4, -0.2) is 42.3 Å². The van der Waals surface area contributed by atoms with Gasteiger partial charge in [-0.05, 0) is 83.5 Å². The number of nitrogens with two attached hydrogens (primary N) is 1. The lowest BCUT2D eigenvalue weighted by molar-refractivity contribution is -0.149. The van der Waals surface area contributed by atoms with E-state index < -0.39 is 17.9 Å². The monoisotopic (exact) mass is 637 g/mol. The Hall–Kier alpha value is -4.13. The fourth-order valence-corrected chi connectivity index (χ4v) is 7.30. The minimum atomic E-state index is -0.494. The summed E-state index contributed by atoms with van der Waals surface area (Å²) in [6.07, 6.45) is 3.78.